The Morgan fingerprint density at radius 3 is 2.40 bits per heavy atom. The van der Waals surface area contributed by atoms with Crippen LogP contribution in [0.5, 0.6) is 5.75 Å². The zero-order valence-corrected chi connectivity index (χ0v) is 13.9. The smallest absolute Gasteiger partial charge is 0.286 e. The number of nitro groups is 1. The second-order valence-electron chi connectivity index (χ2n) is 5.23. The van der Waals surface area contributed by atoms with Gasteiger partial charge in [-0.1, -0.05) is 0 Å². The molecule has 0 radical (unpaired) electrons. The van der Waals surface area contributed by atoms with Crippen molar-refractivity contribution in [2.45, 2.75) is 0 Å². The minimum atomic E-state index is -0.472. The fourth-order valence-electron chi connectivity index (χ4n) is 2.17. The lowest BCUT2D eigenvalue weighted by atomic mass is 10.2. The lowest BCUT2D eigenvalue weighted by molar-refractivity contribution is -0.384. The molecule has 0 bridgehead atoms. The number of thioether (sulfide) groups is 1. The molecule has 0 fully saturated rings. The molecule has 7 nitrogen and oxygen atoms in total. The highest BCUT2D eigenvalue weighted by Crippen LogP contribution is 2.32. The van der Waals surface area contributed by atoms with E-state index in [0.29, 0.717) is 15.6 Å². The van der Waals surface area contributed by atoms with Gasteiger partial charge in [-0.3, -0.25) is 14.9 Å². The Kier molecular flexibility index (Phi) is 4.53. The van der Waals surface area contributed by atoms with Gasteiger partial charge in [-0.25, -0.2) is 0 Å². The predicted octanol–water partition coefficient (Wildman–Crippen LogP) is 3.41. The van der Waals surface area contributed by atoms with E-state index in [1.54, 1.807) is 54.4 Å². The molecule has 1 amide bonds. The van der Waals surface area contributed by atoms with Gasteiger partial charge in [0, 0.05) is 24.9 Å². The van der Waals surface area contributed by atoms with Gasteiger partial charge in [-0.15, -0.1) is 0 Å². The number of amides is 1. The quantitative estimate of drug-likeness (QED) is 0.515. The molecule has 0 unspecified atom stereocenters. The van der Waals surface area contributed by atoms with Crippen molar-refractivity contribution >= 4 is 40.3 Å². The Morgan fingerprint density at radius 1 is 1.16 bits per heavy atom. The highest BCUT2D eigenvalue weighted by atomic mass is 32.2. The number of hydrogen-bond acceptors (Lipinski definition) is 6. The molecular formula is C17H13N3O4S. The lowest BCUT2D eigenvalue weighted by Gasteiger charge is -2.17. The molecular weight excluding hydrogens is 342 g/mol. The zero-order chi connectivity index (χ0) is 18.0. The Labute approximate surface area is 147 Å². The van der Waals surface area contributed by atoms with Gasteiger partial charge in [0.1, 0.15) is 5.75 Å². The summed E-state index contributed by atoms with van der Waals surface area (Å²) in [6.45, 7) is 0. The number of hydrogen-bond donors (Lipinski definition) is 1. The van der Waals surface area contributed by atoms with Crippen LogP contribution in [-0.2, 0) is 4.79 Å². The number of phenolic OH excluding ortho intramolecular Hbond substituents is 1. The number of nitro benzene ring substituents is 1. The predicted molar refractivity (Wildman–Crippen MR) is 97.6 cm³/mol. The van der Waals surface area contributed by atoms with E-state index in [1.807, 2.05) is 0 Å². The standard InChI is InChI=1S/C17H13N3O4S/c1-19(12-6-8-14(21)9-7-12)17-18-16(22)15(25-17)10-11-2-4-13(5-3-11)20(23)24/h2-10,21H,1H3/b15-10+. The summed E-state index contributed by atoms with van der Waals surface area (Å²) in [4.78, 5) is 28.5. The van der Waals surface area contributed by atoms with Crippen molar-refractivity contribution in [2.24, 2.45) is 4.99 Å². The lowest BCUT2D eigenvalue weighted by Crippen LogP contribution is -2.21. The summed E-state index contributed by atoms with van der Waals surface area (Å²) in [6.07, 6.45) is 1.65. The molecule has 1 N–H and O–H groups in total. The second-order valence-corrected chi connectivity index (χ2v) is 6.24. The van der Waals surface area contributed by atoms with Crippen LogP contribution >= 0.6 is 11.8 Å². The number of carbonyl (C=O) groups excluding carboxylic acids is 1. The van der Waals surface area contributed by atoms with Gasteiger partial charge in [-0.2, -0.15) is 4.99 Å². The molecule has 0 saturated heterocycles. The molecule has 2 aromatic rings. The monoisotopic (exact) mass is 355 g/mol. The highest BCUT2D eigenvalue weighted by molar-refractivity contribution is 8.18. The van der Waals surface area contributed by atoms with Crippen LogP contribution in [0, 0.1) is 10.1 Å². The molecule has 0 spiro atoms. The molecule has 1 heterocycles. The summed E-state index contributed by atoms with van der Waals surface area (Å²) in [7, 11) is 1.78. The number of aliphatic imine (C=N–C) groups is 1. The normalized spacial score (nSPS) is 15.3. The number of aromatic hydroxyl groups is 1. The van der Waals surface area contributed by atoms with Crippen molar-refractivity contribution in [1.82, 2.24) is 0 Å². The number of nitrogens with zero attached hydrogens (tertiary/aromatic N) is 3. The molecule has 3 rings (SSSR count). The molecule has 2 aromatic carbocycles. The Morgan fingerprint density at radius 2 is 1.80 bits per heavy atom. The van der Waals surface area contributed by atoms with Gasteiger partial charge >= 0.3 is 0 Å². The topological polar surface area (TPSA) is 96.0 Å². The van der Waals surface area contributed by atoms with Crippen LogP contribution in [0.3, 0.4) is 0 Å². The van der Waals surface area contributed by atoms with Crippen LogP contribution in [0.25, 0.3) is 6.08 Å². The molecule has 0 aromatic heterocycles. The minimum Gasteiger partial charge on any atom is -0.508 e. The zero-order valence-electron chi connectivity index (χ0n) is 13.1. The maximum absolute atomic E-state index is 12.1. The first-order chi connectivity index (χ1) is 11.9. The van der Waals surface area contributed by atoms with E-state index in [2.05, 4.69) is 4.99 Å². The van der Waals surface area contributed by atoms with Gasteiger partial charge in [0.05, 0.1) is 9.83 Å². The number of phenols is 1. The average Bonchev–Trinajstić information content (AvgIpc) is 2.96. The molecule has 0 aliphatic carbocycles. The maximum Gasteiger partial charge on any atom is 0.286 e. The van der Waals surface area contributed by atoms with E-state index in [-0.39, 0.29) is 17.3 Å². The SMILES string of the molecule is CN(C1=NC(=O)/C(=C\c2ccc([N+](=O)[O-])cc2)S1)c1ccc(O)cc1. The van der Waals surface area contributed by atoms with Gasteiger partial charge in [0.25, 0.3) is 11.6 Å². The van der Waals surface area contributed by atoms with Crippen LogP contribution in [0.15, 0.2) is 58.4 Å². The average molecular weight is 355 g/mol. The fraction of sp³-hybridized carbons (Fsp3) is 0.0588. The molecule has 1 aliphatic heterocycles. The molecule has 126 valence electrons. The Bertz CT molecular complexity index is 889. The van der Waals surface area contributed by atoms with E-state index >= 15 is 0 Å². The molecule has 0 atom stereocenters. The first kappa shape index (κ1) is 16.7. The van der Waals surface area contributed by atoms with Crippen molar-refractivity contribution in [3.63, 3.8) is 0 Å². The summed E-state index contributed by atoms with van der Waals surface area (Å²) in [5.74, 6) is -0.197. The van der Waals surface area contributed by atoms with Gasteiger partial charge < -0.3 is 10.0 Å². The summed E-state index contributed by atoms with van der Waals surface area (Å²) >= 11 is 1.22. The van der Waals surface area contributed by atoms with E-state index in [4.69, 9.17) is 0 Å². The first-order valence-electron chi connectivity index (χ1n) is 7.24. The van der Waals surface area contributed by atoms with E-state index in [9.17, 15) is 20.0 Å². The summed E-state index contributed by atoms with van der Waals surface area (Å²) < 4.78 is 0. The number of non-ortho nitro benzene ring substituents is 1. The third kappa shape index (κ3) is 3.69. The molecule has 1 aliphatic rings. The van der Waals surface area contributed by atoms with Gasteiger partial charge in [-0.05, 0) is 59.8 Å². The number of benzene rings is 2. The van der Waals surface area contributed by atoms with Crippen LogP contribution in [0.2, 0.25) is 0 Å². The number of anilines is 1. The molecule has 8 heteroatoms. The van der Waals surface area contributed by atoms with Crippen LogP contribution in [-0.4, -0.2) is 28.2 Å². The number of carbonyl (C=O) groups is 1. The van der Waals surface area contributed by atoms with Gasteiger partial charge in [0.15, 0.2) is 5.17 Å². The highest BCUT2D eigenvalue weighted by Gasteiger charge is 2.25. The van der Waals surface area contributed by atoms with Crippen molar-refractivity contribution in [3.05, 3.63) is 69.1 Å². The maximum atomic E-state index is 12.1. The van der Waals surface area contributed by atoms with Crippen LogP contribution in [0.4, 0.5) is 11.4 Å². The van der Waals surface area contributed by atoms with Crippen molar-refractivity contribution in [3.8, 4) is 5.75 Å². The van der Waals surface area contributed by atoms with Gasteiger partial charge in [0.2, 0.25) is 0 Å². The second kappa shape index (κ2) is 6.78. The largest absolute Gasteiger partial charge is 0.508 e. The first-order valence-corrected chi connectivity index (χ1v) is 8.05. The van der Waals surface area contributed by atoms with Crippen molar-refractivity contribution in [1.29, 1.82) is 0 Å². The van der Waals surface area contributed by atoms with E-state index in [0.717, 1.165) is 5.69 Å². The summed E-state index contributed by atoms with van der Waals surface area (Å²) in [5, 5.41) is 20.5. The van der Waals surface area contributed by atoms with E-state index < -0.39 is 4.92 Å². The number of amidine groups is 1. The summed E-state index contributed by atoms with van der Waals surface area (Å²) in [6, 6.07) is 12.5. The summed E-state index contributed by atoms with van der Waals surface area (Å²) in [5.41, 5.74) is 1.47. The van der Waals surface area contributed by atoms with Crippen LogP contribution < -0.4 is 4.90 Å². The molecule has 0 saturated carbocycles. The van der Waals surface area contributed by atoms with E-state index in [1.165, 1.54) is 23.9 Å². The third-order valence-corrected chi connectivity index (χ3v) is 4.59. The van der Waals surface area contributed by atoms with Crippen molar-refractivity contribution < 1.29 is 14.8 Å². The third-order valence-electron chi connectivity index (χ3n) is 3.53. The number of rotatable bonds is 3. The Hall–Kier alpha value is -3.13. The minimum absolute atomic E-state index is 0.00319. The fourth-order valence-corrected chi connectivity index (χ4v) is 3.07. The Balaban J connectivity index is 1.77. The van der Waals surface area contributed by atoms with Crippen LogP contribution in [0.1, 0.15) is 5.56 Å². The molecule has 25 heavy (non-hydrogen) atoms. The van der Waals surface area contributed by atoms with Crippen molar-refractivity contribution in [2.75, 3.05) is 11.9 Å².